The van der Waals surface area contributed by atoms with E-state index in [0.717, 1.165) is 0 Å². The number of rotatable bonds is 4. The van der Waals surface area contributed by atoms with Gasteiger partial charge in [-0.15, -0.1) is 0 Å². The van der Waals surface area contributed by atoms with Crippen molar-refractivity contribution in [3.8, 4) is 5.69 Å². The van der Waals surface area contributed by atoms with Gasteiger partial charge in [0.1, 0.15) is 5.82 Å². The van der Waals surface area contributed by atoms with E-state index in [9.17, 15) is 18.8 Å². The predicted molar refractivity (Wildman–Crippen MR) is 129 cm³/mol. The van der Waals surface area contributed by atoms with Gasteiger partial charge >= 0.3 is 6.03 Å². The predicted octanol–water partition coefficient (Wildman–Crippen LogP) is 4.47. The molecule has 0 aliphatic carbocycles. The van der Waals surface area contributed by atoms with Crippen LogP contribution in [0, 0.1) is 19.7 Å². The quantitative estimate of drug-likeness (QED) is 0.578. The molecule has 3 aromatic rings. The SMILES string of the molecule is Cc1cc(Cl)c(-n2cccc(C)c2=O)cc1NC(=O)C1=CN(C)C(=O)NC1c1ccc(F)cc1. The van der Waals surface area contributed by atoms with E-state index in [-0.39, 0.29) is 11.1 Å². The number of hydrogen-bond acceptors (Lipinski definition) is 3. The molecular weight excluding hydrogens is 459 g/mol. The van der Waals surface area contributed by atoms with Crippen molar-refractivity contribution in [3.05, 3.63) is 104 Å². The van der Waals surface area contributed by atoms with E-state index >= 15 is 0 Å². The Morgan fingerprint density at radius 3 is 2.50 bits per heavy atom. The lowest BCUT2D eigenvalue weighted by Crippen LogP contribution is -2.44. The number of carbonyl (C=O) groups excluding carboxylic acids is 2. The van der Waals surface area contributed by atoms with Crippen molar-refractivity contribution in [2.24, 2.45) is 0 Å². The molecule has 0 radical (unpaired) electrons. The fourth-order valence-corrected chi connectivity index (χ4v) is 4.03. The number of aromatic nitrogens is 1. The summed E-state index contributed by atoms with van der Waals surface area (Å²) < 4.78 is 14.8. The lowest BCUT2D eigenvalue weighted by molar-refractivity contribution is -0.113. The third-order valence-corrected chi connectivity index (χ3v) is 5.94. The van der Waals surface area contributed by atoms with Crippen LogP contribution >= 0.6 is 11.6 Å². The first-order valence-corrected chi connectivity index (χ1v) is 10.8. The van der Waals surface area contributed by atoms with E-state index in [4.69, 9.17) is 11.6 Å². The molecule has 1 aliphatic heterocycles. The first-order valence-electron chi connectivity index (χ1n) is 10.5. The summed E-state index contributed by atoms with van der Waals surface area (Å²) in [6, 6.07) is 11.2. The molecule has 174 valence electrons. The van der Waals surface area contributed by atoms with Crippen LogP contribution in [0.1, 0.15) is 22.7 Å². The highest BCUT2D eigenvalue weighted by Gasteiger charge is 2.31. The summed E-state index contributed by atoms with van der Waals surface area (Å²) in [5.41, 5.74) is 2.72. The number of aryl methyl sites for hydroxylation is 2. The first-order chi connectivity index (χ1) is 16.2. The lowest BCUT2D eigenvalue weighted by atomic mass is 9.97. The zero-order valence-corrected chi connectivity index (χ0v) is 19.5. The molecule has 1 aromatic heterocycles. The number of carbonyl (C=O) groups is 2. The van der Waals surface area contributed by atoms with E-state index in [1.807, 2.05) is 0 Å². The van der Waals surface area contributed by atoms with E-state index < -0.39 is 23.8 Å². The number of anilines is 1. The lowest BCUT2D eigenvalue weighted by Gasteiger charge is -2.30. The molecule has 1 aliphatic rings. The first kappa shape index (κ1) is 23.3. The Bertz CT molecular complexity index is 1380. The van der Waals surface area contributed by atoms with Gasteiger partial charge in [-0.3, -0.25) is 14.2 Å². The summed E-state index contributed by atoms with van der Waals surface area (Å²) >= 11 is 6.43. The van der Waals surface area contributed by atoms with E-state index in [0.29, 0.717) is 33.1 Å². The Balaban J connectivity index is 1.71. The highest BCUT2D eigenvalue weighted by molar-refractivity contribution is 6.32. The third kappa shape index (κ3) is 4.45. The molecule has 0 bridgehead atoms. The zero-order valence-electron chi connectivity index (χ0n) is 18.7. The number of nitrogens with one attached hydrogen (secondary N) is 2. The van der Waals surface area contributed by atoms with Crippen LogP contribution in [-0.4, -0.2) is 28.5 Å². The van der Waals surface area contributed by atoms with E-state index in [1.54, 1.807) is 44.3 Å². The van der Waals surface area contributed by atoms with Crippen LogP contribution in [0.25, 0.3) is 5.69 Å². The molecule has 1 unspecified atom stereocenters. The number of halogens is 2. The minimum atomic E-state index is -0.768. The van der Waals surface area contributed by atoms with E-state index in [2.05, 4.69) is 10.6 Å². The number of pyridine rings is 1. The summed E-state index contributed by atoms with van der Waals surface area (Å²) in [5, 5.41) is 5.98. The second-order valence-electron chi connectivity index (χ2n) is 8.07. The van der Waals surface area contributed by atoms with Crippen molar-refractivity contribution in [2.45, 2.75) is 19.9 Å². The molecule has 0 spiro atoms. The van der Waals surface area contributed by atoms with Gasteiger partial charge in [0.15, 0.2) is 0 Å². The fourth-order valence-electron chi connectivity index (χ4n) is 3.72. The van der Waals surface area contributed by atoms with Crippen LogP contribution < -0.4 is 16.2 Å². The van der Waals surface area contributed by atoms with Crippen LogP contribution in [0.15, 0.2) is 71.3 Å². The van der Waals surface area contributed by atoms with Crippen LogP contribution in [-0.2, 0) is 4.79 Å². The van der Waals surface area contributed by atoms with Gasteiger partial charge in [0.25, 0.3) is 11.5 Å². The second kappa shape index (κ2) is 9.15. The maximum Gasteiger partial charge on any atom is 0.321 e. The number of benzene rings is 2. The highest BCUT2D eigenvalue weighted by Crippen LogP contribution is 2.30. The average molecular weight is 481 g/mol. The van der Waals surface area contributed by atoms with Crippen LogP contribution in [0.3, 0.4) is 0 Å². The molecule has 3 amide bonds. The number of nitrogens with zero attached hydrogens (tertiary/aromatic N) is 2. The van der Waals surface area contributed by atoms with Crippen molar-refractivity contribution in [3.63, 3.8) is 0 Å². The van der Waals surface area contributed by atoms with Gasteiger partial charge in [-0.1, -0.05) is 29.8 Å². The fraction of sp³-hybridized carbons (Fsp3) is 0.160. The van der Waals surface area contributed by atoms with Crippen LogP contribution in [0.5, 0.6) is 0 Å². The van der Waals surface area contributed by atoms with Crippen molar-refractivity contribution >= 4 is 29.2 Å². The molecule has 7 nitrogen and oxygen atoms in total. The third-order valence-electron chi connectivity index (χ3n) is 5.64. The molecule has 2 heterocycles. The molecular formula is C25H22ClFN4O3. The summed E-state index contributed by atoms with van der Waals surface area (Å²) in [6.07, 6.45) is 3.05. The van der Waals surface area contributed by atoms with Crippen LogP contribution in [0.2, 0.25) is 5.02 Å². The molecule has 2 aromatic carbocycles. The summed E-state index contributed by atoms with van der Waals surface area (Å²) in [6.45, 7) is 3.49. The van der Waals surface area contributed by atoms with Gasteiger partial charge < -0.3 is 15.5 Å². The zero-order chi connectivity index (χ0) is 24.6. The van der Waals surface area contributed by atoms with Crippen molar-refractivity contribution < 1.29 is 14.0 Å². The number of amides is 3. The van der Waals surface area contributed by atoms with Gasteiger partial charge in [0.05, 0.1) is 22.3 Å². The van der Waals surface area contributed by atoms with Gasteiger partial charge in [-0.2, -0.15) is 0 Å². The maximum absolute atomic E-state index is 13.4. The van der Waals surface area contributed by atoms with Gasteiger partial charge in [-0.25, -0.2) is 9.18 Å². The summed E-state index contributed by atoms with van der Waals surface area (Å²) in [5.74, 6) is -0.886. The maximum atomic E-state index is 13.4. The van der Waals surface area contributed by atoms with E-state index in [1.165, 1.54) is 47.0 Å². The molecule has 1 atom stereocenters. The molecule has 0 saturated carbocycles. The van der Waals surface area contributed by atoms with Gasteiger partial charge in [0.2, 0.25) is 0 Å². The molecule has 9 heteroatoms. The molecule has 0 saturated heterocycles. The Morgan fingerprint density at radius 1 is 1.09 bits per heavy atom. The molecule has 2 N–H and O–H groups in total. The topological polar surface area (TPSA) is 83.4 Å². The molecule has 4 rings (SSSR count). The van der Waals surface area contributed by atoms with Crippen LogP contribution in [0.4, 0.5) is 14.9 Å². The number of urea groups is 1. The monoisotopic (exact) mass is 480 g/mol. The molecule has 0 fully saturated rings. The minimum Gasteiger partial charge on any atom is -0.327 e. The second-order valence-corrected chi connectivity index (χ2v) is 8.48. The average Bonchev–Trinajstić information content (AvgIpc) is 2.80. The largest absolute Gasteiger partial charge is 0.327 e. The Kier molecular flexibility index (Phi) is 6.26. The normalized spacial score (nSPS) is 15.6. The smallest absolute Gasteiger partial charge is 0.321 e. The van der Waals surface area contributed by atoms with Crippen molar-refractivity contribution in [1.82, 2.24) is 14.8 Å². The standard InChI is InChI=1S/C25H22ClFN4O3/c1-14-5-4-10-31(24(14)33)21-12-20(15(2)11-19(21)26)28-23(32)18-13-30(3)25(34)29-22(18)16-6-8-17(27)9-7-16/h4-13,22H,1-3H3,(H,28,32)(H,29,34). The van der Waals surface area contributed by atoms with Crippen molar-refractivity contribution in [1.29, 1.82) is 0 Å². The van der Waals surface area contributed by atoms with Gasteiger partial charge in [-0.05, 0) is 55.3 Å². The van der Waals surface area contributed by atoms with Gasteiger partial charge in [0, 0.05) is 30.7 Å². The Labute approximate surface area is 200 Å². The summed E-state index contributed by atoms with van der Waals surface area (Å²) in [7, 11) is 1.53. The minimum absolute atomic E-state index is 0.221. The number of hydrogen-bond donors (Lipinski definition) is 2. The Hall–Kier alpha value is -3.91. The highest BCUT2D eigenvalue weighted by atomic mass is 35.5. The summed E-state index contributed by atoms with van der Waals surface area (Å²) in [4.78, 5) is 39.5. The molecule has 34 heavy (non-hydrogen) atoms. The van der Waals surface area contributed by atoms with Crippen molar-refractivity contribution in [2.75, 3.05) is 12.4 Å². The Morgan fingerprint density at radius 2 is 1.79 bits per heavy atom.